The van der Waals surface area contributed by atoms with Crippen molar-refractivity contribution in [1.82, 2.24) is 0 Å². The first-order valence-electron chi connectivity index (χ1n) is 6.41. The minimum absolute atomic E-state index is 0.153. The van der Waals surface area contributed by atoms with Gasteiger partial charge in [0.25, 0.3) is 0 Å². The summed E-state index contributed by atoms with van der Waals surface area (Å²) in [5, 5.41) is 9.09. The van der Waals surface area contributed by atoms with Gasteiger partial charge in [0.15, 0.2) is 0 Å². The summed E-state index contributed by atoms with van der Waals surface area (Å²) in [4.78, 5) is 11.1. The summed E-state index contributed by atoms with van der Waals surface area (Å²) in [5.74, 6) is 0.794. The maximum atomic E-state index is 11.1. The molecular formula is C16H15BrO5. The van der Waals surface area contributed by atoms with E-state index in [-0.39, 0.29) is 12.2 Å². The lowest BCUT2D eigenvalue weighted by atomic mass is 10.2. The molecule has 2 aromatic rings. The molecule has 0 aliphatic rings. The third kappa shape index (κ3) is 3.92. The first-order valence-corrected chi connectivity index (χ1v) is 7.20. The molecule has 0 saturated heterocycles. The number of methoxy groups -OCH3 is 2. The molecule has 6 heteroatoms. The molecule has 1 N–H and O–H groups in total. The Morgan fingerprint density at radius 1 is 1.05 bits per heavy atom. The Hall–Kier alpha value is -2.21. The van der Waals surface area contributed by atoms with Gasteiger partial charge in [-0.2, -0.15) is 0 Å². The Morgan fingerprint density at radius 2 is 1.68 bits per heavy atom. The van der Waals surface area contributed by atoms with Gasteiger partial charge in [-0.05, 0) is 51.8 Å². The first kappa shape index (κ1) is 16.2. The molecule has 0 aliphatic carbocycles. The third-order valence-electron chi connectivity index (χ3n) is 2.98. The molecule has 22 heavy (non-hydrogen) atoms. The Morgan fingerprint density at radius 3 is 2.23 bits per heavy atom. The molecule has 0 heterocycles. The van der Waals surface area contributed by atoms with Gasteiger partial charge in [0.1, 0.15) is 23.9 Å². The van der Waals surface area contributed by atoms with Crippen LogP contribution in [0.4, 0.5) is 0 Å². The van der Waals surface area contributed by atoms with E-state index >= 15 is 0 Å². The molecule has 2 rings (SSSR count). The minimum atomic E-state index is -1.01. The number of halogens is 1. The van der Waals surface area contributed by atoms with E-state index in [0.29, 0.717) is 21.7 Å². The van der Waals surface area contributed by atoms with Crippen LogP contribution in [-0.4, -0.2) is 25.3 Å². The molecule has 0 radical (unpaired) electrons. The highest BCUT2D eigenvalue weighted by Gasteiger charge is 2.10. The largest absolute Gasteiger partial charge is 0.497 e. The second-order valence-corrected chi connectivity index (χ2v) is 5.31. The van der Waals surface area contributed by atoms with Gasteiger partial charge in [-0.15, -0.1) is 0 Å². The summed E-state index contributed by atoms with van der Waals surface area (Å²) in [6, 6.07) is 10.3. The van der Waals surface area contributed by atoms with Crippen molar-refractivity contribution in [2.45, 2.75) is 6.61 Å². The van der Waals surface area contributed by atoms with Crippen molar-refractivity contribution in [3.63, 3.8) is 0 Å². The van der Waals surface area contributed by atoms with Crippen LogP contribution >= 0.6 is 15.9 Å². The average Bonchev–Trinajstić information content (AvgIpc) is 2.53. The molecule has 0 aromatic heterocycles. The molecule has 116 valence electrons. The van der Waals surface area contributed by atoms with Crippen LogP contribution in [0.25, 0.3) is 0 Å². The summed E-state index contributed by atoms with van der Waals surface area (Å²) in [6.45, 7) is 0.272. The molecule has 0 spiro atoms. The number of carboxylic acid groups (broad SMARTS) is 1. The second kappa shape index (κ2) is 7.17. The van der Waals surface area contributed by atoms with Gasteiger partial charge in [-0.25, -0.2) is 4.79 Å². The molecule has 0 unspecified atom stereocenters. The molecule has 0 amide bonds. The van der Waals surface area contributed by atoms with Crippen molar-refractivity contribution in [3.8, 4) is 17.2 Å². The third-order valence-corrected chi connectivity index (χ3v) is 3.68. The SMILES string of the molecule is COc1cc(COc2ccc(Br)c(C(=O)O)c2)cc(OC)c1. The van der Waals surface area contributed by atoms with E-state index in [0.717, 1.165) is 5.56 Å². The molecule has 0 aliphatic heterocycles. The van der Waals surface area contributed by atoms with Crippen LogP contribution in [0.2, 0.25) is 0 Å². The van der Waals surface area contributed by atoms with E-state index in [1.807, 2.05) is 12.1 Å². The standard InChI is InChI=1S/C16H15BrO5/c1-20-12-5-10(6-13(7-12)21-2)9-22-11-3-4-15(17)14(8-11)16(18)19/h3-8H,9H2,1-2H3,(H,18,19). The Kier molecular flexibility index (Phi) is 5.27. The van der Waals surface area contributed by atoms with E-state index < -0.39 is 5.97 Å². The zero-order chi connectivity index (χ0) is 16.1. The molecule has 2 aromatic carbocycles. The van der Waals surface area contributed by atoms with E-state index in [1.165, 1.54) is 6.07 Å². The van der Waals surface area contributed by atoms with E-state index in [1.54, 1.807) is 32.4 Å². The van der Waals surface area contributed by atoms with Crippen LogP contribution in [0.15, 0.2) is 40.9 Å². The Balaban J connectivity index is 2.16. The topological polar surface area (TPSA) is 65.0 Å². The van der Waals surface area contributed by atoms with Gasteiger partial charge in [-0.3, -0.25) is 0 Å². The molecule has 0 fully saturated rings. The van der Waals surface area contributed by atoms with Gasteiger partial charge in [0.05, 0.1) is 19.8 Å². The first-order chi connectivity index (χ1) is 10.5. The van der Waals surface area contributed by atoms with Crippen LogP contribution in [0.5, 0.6) is 17.2 Å². The van der Waals surface area contributed by atoms with Gasteiger partial charge in [-0.1, -0.05) is 0 Å². The second-order valence-electron chi connectivity index (χ2n) is 4.46. The summed E-state index contributed by atoms with van der Waals surface area (Å²) < 4.78 is 16.5. The number of benzene rings is 2. The fraction of sp³-hybridized carbons (Fsp3) is 0.188. The predicted molar refractivity (Wildman–Crippen MR) is 85.0 cm³/mol. The van der Waals surface area contributed by atoms with Crippen LogP contribution < -0.4 is 14.2 Å². The van der Waals surface area contributed by atoms with Crippen molar-refractivity contribution < 1.29 is 24.1 Å². The lowest BCUT2D eigenvalue weighted by molar-refractivity contribution is 0.0695. The van der Waals surface area contributed by atoms with Crippen LogP contribution in [0.3, 0.4) is 0 Å². The highest BCUT2D eigenvalue weighted by Crippen LogP contribution is 2.26. The highest BCUT2D eigenvalue weighted by atomic mass is 79.9. The molecule has 0 bridgehead atoms. The maximum absolute atomic E-state index is 11.1. The number of hydrogen-bond acceptors (Lipinski definition) is 4. The average molecular weight is 367 g/mol. The normalized spacial score (nSPS) is 10.1. The van der Waals surface area contributed by atoms with Crippen molar-refractivity contribution in [2.24, 2.45) is 0 Å². The smallest absolute Gasteiger partial charge is 0.336 e. The van der Waals surface area contributed by atoms with Crippen LogP contribution in [0, 0.1) is 0 Å². The number of ether oxygens (including phenoxy) is 3. The molecule has 5 nitrogen and oxygen atoms in total. The van der Waals surface area contributed by atoms with Crippen LogP contribution in [0.1, 0.15) is 15.9 Å². The summed E-state index contributed by atoms with van der Waals surface area (Å²) >= 11 is 3.20. The minimum Gasteiger partial charge on any atom is -0.497 e. The van der Waals surface area contributed by atoms with Crippen molar-refractivity contribution in [2.75, 3.05) is 14.2 Å². The fourth-order valence-corrected chi connectivity index (χ4v) is 2.29. The van der Waals surface area contributed by atoms with Gasteiger partial charge in [0.2, 0.25) is 0 Å². The highest BCUT2D eigenvalue weighted by molar-refractivity contribution is 9.10. The van der Waals surface area contributed by atoms with Gasteiger partial charge in [0, 0.05) is 10.5 Å². The molecular weight excluding hydrogens is 352 g/mol. The van der Waals surface area contributed by atoms with E-state index in [4.69, 9.17) is 19.3 Å². The fourth-order valence-electron chi connectivity index (χ4n) is 1.87. The number of rotatable bonds is 6. The monoisotopic (exact) mass is 366 g/mol. The summed E-state index contributed by atoms with van der Waals surface area (Å²) in [5.41, 5.74) is 1.01. The predicted octanol–water partition coefficient (Wildman–Crippen LogP) is 3.74. The van der Waals surface area contributed by atoms with Gasteiger partial charge >= 0.3 is 5.97 Å². The van der Waals surface area contributed by atoms with Crippen molar-refractivity contribution in [1.29, 1.82) is 0 Å². The zero-order valence-corrected chi connectivity index (χ0v) is 13.7. The number of carboxylic acids is 1. The number of carbonyl (C=O) groups is 1. The molecule has 0 atom stereocenters. The van der Waals surface area contributed by atoms with E-state index in [9.17, 15) is 4.79 Å². The number of aromatic carboxylic acids is 1. The van der Waals surface area contributed by atoms with E-state index in [2.05, 4.69) is 15.9 Å². The Bertz CT molecular complexity index is 662. The van der Waals surface area contributed by atoms with Crippen molar-refractivity contribution >= 4 is 21.9 Å². The lowest BCUT2D eigenvalue weighted by Crippen LogP contribution is -2.01. The Labute approximate surface area is 136 Å². The summed E-state index contributed by atoms with van der Waals surface area (Å²) in [6.07, 6.45) is 0. The summed E-state index contributed by atoms with van der Waals surface area (Å²) in [7, 11) is 3.15. The van der Waals surface area contributed by atoms with Crippen molar-refractivity contribution in [3.05, 3.63) is 52.0 Å². The maximum Gasteiger partial charge on any atom is 0.336 e. The molecule has 0 saturated carbocycles. The van der Waals surface area contributed by atoms with Gasteiger partial charge < -0.3 is 19.3 Å². The quantitative estimate of drug-likeness (QED) is 0.843. The lowest BCUT2D eigenvalue weighted by Gasteiger charge is -2.11. The number of hydrogen-bond donors (Lipinski definition) is 1. The van der Waals surface area contributed by atoms with Crippen LogP contribution in [-0.2, 0) is 6.61 Å². The zero-order valence-electron chi connectivity index (χ0n) is 12.1.